The molecule has 2 aromatic carbocycles. The largest absolute Gasteiger partial charge is 0.350 e. The molecule has 156 valence electrons. The maximum absolute atomic E-state index is 12.7. The standard InChI is InChI=1S/C23H29N3O2.ClH/c1-18(20-12-6-3-7-13-20)25-22(27)17-21-23(28)26(16-14-24-21)15-8-11-19-9-4-2-5-10-19;/h2-7,9-10,12-13,18,21,24H,8,11,14-17H2,1H3,(H,25,27);1H. The van der Waals surface area contributed by atoms with E-state index in [0.717, 1.165) is 31.5 Å². The van der Waals surface area contributed by atoms with Gasteiger partial charge >= 0.3 is 0 Å². The maximum Gasteiger partial charge on any atom is 0.240 e. The predicted molar refractivity (Wildman–Crippen MR) is 118 cm³/mol. The fourth-order valence-electron chi connectivity index (χ4n) is 3.60. The Kier molecular flexibility index (Phi) is 9.16. The molecule has 1 fully saturated rings. The van der Waals surface area contributed by atoms with Crippen LogP contribution in [0.5, 0.6) is 0 Å². The SMILES string of the molecule is CC(NC(=O)CC1NCCN(CCCc2ccccc2)C1=O)c1ccccc1.Cl. The van der Waals surface area contributed by atoms with Crippen molar-refractivity contribution < 1.29 is 9.59 Å². The molecule has 1 aliphatic heterocycles. The molecule has 2 N–H and O–H groups in total. The molecule has 2 atom stereocenters. The fourth-order valence-corrected chi connectivity index (χ4v) is 3.60. The number of carbonyl (C=O) groups is 2. The van der Waals surface area contributed by atoms with Crippen molar-refractivity contribution in [3.05, 3.63) is 71.8 Å². The predicted octanol–water partition coefficient (Wildman–Crippen LogP) is 3.11. The minimum absolute atomic E-state index is 0. The van der Waals surface area contributed by atoms with Gasteiger partial charge in [-0.15, -0.1) is 12.4 Å². The van der Waals surface area contributed by atoms with E-state index in [1.54, 1.807) is 0 Å². The molecule has 0 radical (unpaired) electrons. The zero-order chi connectivity index (χ0) is 19.8. The van der Waals surface area contributed by atoms with E-state index >= 15 is 0 Å². The van der Waals surface area contributed by atoms with Crippen molar-refractivity contribution in [1.29, 1.82) is 0 Å². The summed E-state index contributed by atoms with van der Waals surface area (Å²) in [4.78, 5) is 27.1. The van der Waals surface area contributed by atoms with E-state index in [1.165, 1.54) is 5.56 Å². The first-order valence-corrected chi connectivity index (χ1v) is 10.0. The quantitative estimate of drug-likeness (QED) is 0.696. The van der Waals surface area contributed by atoms with E-state index in [0.29, 0.717) is 6.54 Å². The molecule has 0 spiro atoms. The number of halogens is 1. The van der Waals surface area contributed by atoms with Gasteiger partial charge in [0, 0.05) is 19.6 Å². The summed E-state index contributed by atoms with van der Waals surface area (Å²) in [6.07, 6.45) is 2.06. The van der Waals surface area contributed by atoms with Crippen molar-refractivity contribution in [2.45, 2.75) is 38.3 Å². The van der Waals surface area contributed by atoms with Gasteiger partial charge in [-0.05, 0) is 30.9 Å². The van der Waals surface area contributed by atoms with Crippen LogP contribution in [0.2, 0.25) is 0 Å². The Hall–Kier alpha value is -2.37. The molecule has 0 saturated carbocycles. The molecule has 3 rings (SSSR count). The lowest BCUT2D eigenvalue weighted by Gasteiger charge is -2.33. The first kappa shape index (κ1) is 22.9. The van der Waals surface area contributed by atoms with E-state index in [1.807, 2.05) is 60.4 Å². The monoisotopic (exact) mass is 415 g/mol. The highest BCUT2D eigenvalue weighted by Crippen LogP contribution is 2.13. The van der Waals surface area contributed by atoms with E-state index < -0.39 is 6.04 Å². The van der Waals surface area contributed by atoms with Crippen LogP contribution >= 0.6 is 12.4 Å². The lowest BCUT2D eigenvalue weighted by Crippen LogP contribution is -2.56. The van der Waals surface area contributed by atoms with Gasteiger partial charge in [-0.25, -0.2) is 0 Å². The average Bonchev–Trinajstić information content (AvgIpc) is 2.72. The van der Waals surface area contributed by atoms with Crippen LogP contribution in [0.15, 0.2) is 60.7 Å². The molecular formula is C23H30ClN3O2. The van der Waals surface area contributed by atoms with E-state index in [4.69, 9.17) is 0 Å². The van der Waals surface area contributed by atoms with Gasteiger partial charge in [-0.3, -0.25) is 9.59 Å². The van der Waals surface area contributed by atoms with Crippen LogP contribution < -0.4 is 10.6 Å². The summed E-state index contributed by atoms with van der Waals surface area (Å²) in [5, 5.41) is 6.19. The van der Waals surface area contributed by atoms with Crippen molar-refractivity contribution in [3.8, 4) is 0 Å². The summed E-state index contributed by atoms with van der Waals surface area (Å²) in [7, 11) is 0. The second-order valence-corrected chi connectivity index (χ2v) is 7.33. The highest BCUT2D eigenvalue weighted by atomic mass is 35.5. The zero-order valence-corrected chi connectivity index (χ0v) is 17.7. The van der Waals surface area contributed by atoms with Gasteiger partial charge in [0.15, 0.2) is 0 Å². The Morgan fingerprint density at radius 2 is 1.79 bits per heavy atom. The summed E-state index contributed by atoms with van der Waals surface area (Å²) in [6, 6.07) is 19.6. The summed E-state index contributed by atoms with van der Waals surface area (Å²) >= 11 is 0. The van der Waals surface area contributed by atoms with Gasteiger partial charge in [0.05, 0.1) is 18.5 Å². The van der Waals surface area contributed by atoms with Gasteiger partial charge < -0.3 is 15.5 Å². The minimum atomic E-state index is -0.437. The average molecular weight is 416 g/mol. The molecule has 2 amide bonds. The highest BCUT2D eigenvalue weighted by Gasteiger charge is 2.30. The van der Waals surface area contributed by atoms with Crippen molar-refractivity contribution in [3.63, 3.8) is 0 Å². The molecule has 5 nitrogen and oxygen atoms in total. The molecule has 29 heavy (non-hydrogen) atoms. The van der Waals surface area contributed by atoms with Crippen molar-refractivity contribution in [1.82, 2.24) is 15.5 Å². The minimum Gasteiger partial charge on any atom is -0.350 e. The van der Waals surface area contributed by atoms with Crippen LogP contribution in [0.25, 0.3) is 0 Å². The normalized spacial score (nSPS) is 17.3. The summed E-state index contributed by atoms with van der Waals surface area (Å²) < 4.78 is 0. The van der Waals surface area contributed by atoms with Crippen LogP contribution in [0.1, 0.15) is 36.9 Å². The molecule has 2 aromatic rings. The van der Waals surface area contributed by atoms with Crippen LogP contribution in [0.4, 0.5) is 0 Å². The van der Waals surface area contributed by atoms with Crippen molar-refractivity contribution >= 4 is 24.2 Å². The molecule has 0 aliphatic carbocycles. The Morgan fingerprint density at radius 3 is 2.48 bits per heavy atom. The second kappa shape index (κ2) is 11.6. The third kappa shape index (κ3) is 6.87. The van der Waals surface area contributed by atoms with Crippen LogP contribution in [-0.2, 0) is 16.0 Å². The van der Waals surface area contributed by atoms with Gasteiger partial charge in [-0.1, -0.05) is 60.7 Å². The van der Waals surface area contributed by atoms with Crippen molar-refractivity contribution in [2.75, 3.05) is 19.6 Å². The third-order valence-electron chi connectivity index (χ3n) is 5.19. The first-order chi connectivity index (χ1) is 13.6. The lowest BCUT2D eigenvalue weighted by atomic mass is 10.1. The molecule has 1 heterocycles. The Labute approximate surface area is 179 Å². The fraction of sp³-hybridized carbons (Fsp3) is 0.391. The Balaban J connectivity index is 0.00000300. The van der Waals surface area contributed by atoms with Crippen LogP contribution in [-0.4, -0.2) is 42.4 Å². The Bertz CT molecular complexity index is 770. The molecular weight excluding hydrogens is 386 g/mol. The molecule has 1 aliphatic rings. The molecule has 0 bridgehead atoms. The number of nitrogens with zero attached hydrogens (tertiary/aromatic N) is 1. The van der Waals surface area contributed by atoms with Gasteiger partial charge in [0.1, 0.15) is 0 Å². The smallest absolute Gasteiger partial charge is 0.240 e. The molecule has 6 heteroatoms. The number of aryl methyl sites for hydroxylation is 1. The number of nitrogens with one attached hydrogen (secondary N) is 2. The third-order valence-corrected chi connectivity index (χ3v) is 5.19. The zero-order valence-electron chi connectivity index (χ0n) is 16.8. The summed E-state index contributed by atoms with van der Waals surface area (Å²) in [5.41, 5.74) is 2.34. The molecule has 2 unspecified atom stereocenters. The lowest BCUT2D eigenvalue weighted by molar-refractivity contribution is -0.138. The number of hydrogen-bond donors (Lipinski definition) is 2. The second-order valence-electron chi connectivity index (χ2n) is 7.33. The van der Waals surface area contributed by atoms with Crippen LogP contribution in [0, 0.1) is 0 Å². The number of rotatable bonds is 8. The highest BCUT2D eigenvalue weighted by molar-refractivity contribution is 5.89. The van der Waals surface area contributed by atoms with Crippen molar-refractivity contribution in [2.24, 2.45) is 0 Å². The first-order valence-electron chi connectivity index (χ1n) is 10.0. The number of hydrogen-bond acceptors (Lipinski definition) is 3. The number of piperazine rings is 1. The Morgan fingerprint density at radius 1 is 1.14 bits per heavy atom. The molecule has 0 aromatic heterocycles. The van der Waals surface area contributed by atoms with E-state index in [9.17, 15) is 9.59 Å². The van der Waals surface area contributed by atoms with Gasteiger partial charge in [0.2, 0.25) is 11.8 Å². The van der Waals surface area contributed by atoms with E-state index in [2.05, 4.69) is 22.8 Å². The molecule has 1 saturated heterocycles. The van der Waals surface area contributed by atoms with Gasteiger partial charge in [0.25, 0.3) is 0 Å². The van der Waals surface area contributed by atoms with Crippen LogP contribution in [0.3, 0.4) is 0 Å². The number of benzene rings is 2. The maximum atomic E-state index is 12.7. The summed E-state index contributed by atoms with van der Waals surface area (Å²) in [5.74, 6) is -0.0739. The number of carbonyl (C=O) groups excluding carboxylic acids is 2. The summed E-state index contributed by atoms with van der Waals surface area (Å²) in [6.45, 7) is 4.11. The van der Waals surface area contributed by atoms with Gasteiger partial charge in [-0.2, -0.15) is 0 Å². The topological polar surface area (TPSA) is 61.4 Å². The van der Waals surface area contributed by atoms with E-state index in [-0.39, 0.29) is 36.7 Å². The number of amides is 2.